The number of hydrogen-bond acceptors (Lipinski definition) is 4. The van der Waals surface area contributed by atoms with Gasteiger partial charge in [-0.15, -0.1) is 0 Å². The molecule has 128 valence electrons. The molecular weight excluding hydrogens is 296 g/mol. The van der Waals surface area contributed by atoms with E-state index in [0.29, 0.717) is 12.0 Å². The molecule has 0 unspecified atom stereocenters. The number of aryl methyl sites for hydroxylation is 3. The SMILES string of the molecule is CC[C@@H](C)Nc1nc(Nc2c(C)cc(C)cc2C)cc(C2CC2)n1. The van der Waals surface area contributed by atoms with Crippen molar-refractivity contribution in [3.8, 4) is 0 Å². The Morgan fingerprint density at radius 3 is 2.33 bits per heavy atom. The van der Waals surface area contributed by atoms with Crippen LogP contribution in [0, 0.1) is 20.8 Å². The van der Waals surface area contributed by atoms with E-state index in [-0.39, 0.29) is 0 Å². The van der Waals surface area contributed by atoms with Crippen molar-refractivity contribution >= 4 is 17.5 Å². The number of nitrogens with zero attached hydrogens (tertiary/aromatic N) is 2. The molecular formula is C20H28N4. The maximum absolute atomic E-state index is 4.72. The molecule has 0 amide bonds. The lowest BCUT2D eigenvalue weighted by Gasteiger charge is -2.16. The third kappa shape index (κ3) is 3.86. The van der Waals surface area contributed by atoms with Gasteiger partial charge in [-0.05, 0) is 58.1 Å². The fourth-order valence-corrected chi connectivity index (χ4v) is 3.01. The van der Waals surface area contributed by atoms with Crippen LogP contribution in [0.1, 0.15) is 61.4 Å². The van der Waals surface area contributed by atoms with E-state index in [0.717, 1.165) is 29.6 Å². The van der Waals surface area contributed by atoms with E-state index < -0.39 is 0 Å². The Bertz CT molecular complexity index is 711. The molecule has 1 aliphatic carbocycles. The van der Waals surface area contributed by atoms with Gasteiger partial charge in [0.05, 0.1) is 5.69 Å². The fourth-order valence-electron chi connectivity index (χ4n) is 3.01. The molecule has 1 aliphatic rings. The summed E-state index contributed by atoms with van der Waals surface area (Å²) in [6, 6.07) is 6.89. The highest BCUT2D eigenvalue weighted by Crippen LogP contribution is 2.40. The van der Waals surface area contributed by atoms with Crippen LogP contribution in [0.4, 0.5) is 17.5 Å². The van der Waals surface area contributed by atoms with Crippen molar-refractivity contribution in [3.05, 3.63) is 40.6 Å². The minimum atomic E-state index is 0.371. The monoisotopic (exact) mass is 324 g/mol. The molecule has 4 nitrogen and oxygen atoms in total. The van der Waals surface area contributed by atoms with Gasteiger partial charge in [0.1, 0.15) is 5.82 Å². The highest BCUT2D eigenvalue weighted by molar-refractivity contribution is 5.66. The van der Waals surface area contributed by atoms with E-state index in [1.54, 1.807) is 0 Å². The predicted octanol–water partition coefficient (Wildman–Crippen LogP) is 5.23. The maximum atomic E-state index is 4.72. The normalized spacial score (nSPS) is 15.2. The molecule has 0 aliphatic heterocycles. The van der Waals surface area contributed by atoms with E-state index in [2.05, 4.69) is 63.5 Å². The van der Waals surface area contributed by atoms with Crippen LogP contribution in [0.3, 0.4) is 0 Å². The molecule has 2 N–H and O–H groups in total. The second kappa shape index (κ2) is 6.80. The lowest BCUT2D eigenvalue weighted by atomic mass is 10.1. The van der Waals surface area contributed by atoms with Crippen molar-refractivity contribution in [2.75, 3.05) is 10.6 Å². The van der Waals surface area contributed by atoms with Gasteiger partial charge in [-0.1, -0.05) is 24.6 Å². The van der Waals surface area contributed by atoms with Crippen molar-refractivity contribution in [2.45, 2.75) is 65.8 Å². The minimum Gasteiger partial charge on any atom is -0.352 e. The number of aromatic nitrogens is 2. The quantitative estimate of drug-likeness (QED) is 0.763. The van der Waals surface area contributed by atoms with E-state index >= 15 is 0 Å². The number of nitrogens with one attached hydrogen (secondary N) is 2. The zero-order valence-corrected chi connectivity index (χ0v) is 15.4. The molecule has 1 atom stereocenters. The van der Waals surface area contributed by atoms with Gasteiger partial charge in [0.25, 0.3) is 0 Å². The summed E-state index contributed by atoms with van der Waals surface area (Å²) < 4.78 is 0. The summed E-state index contributed by atoms with van der Waals surface area (Å²) >= 11 is 0. The van der Waals surface area contributed by atoms with Crippen molar-refractivity contribution < 1.29 is 0 Å². The second-order valence-corrected chi connectivity index (χ2v) is 7.13. The van der Waals surface area contributed by atoms with E-state index in [4.69, 9.17) is 9.97 Å². The Morgan fingerprint density at radius 1 is 1.08 bits per heavy atom. The van der Waals surface area contributed by atoms with Crippen molar-refractivity contribution in [1.29, 1.82) is 0 Å². The Labute approximate surface area is 145 Å². The summed E-state index contributed by atoms with van der Waals surface area (Å²) in [7, 11) is 0. The maximum Gasteiger partial charge on any atom is 0.225 e. The lowest BCUT2D eigenvalue weighted by Crippen LogP contribution is -2.16. The zero-order chi connectivity index (χ0) is 17.3. The van der Waals surface area contributed by atoms with Gasteiger partial charge in [0.2, 0.25) is 5.95 Å². The Morgan fingerprint density at radius 2 is 1.75 bits per heavy atom. The first-order chi connectivity index (χ1) is 11.5. The fraction of sp³-hybridized carbons (Fsp3) is 0.500. The highest BCUT2D eigenvalue weighted by atomic mass is 15.2. The molecule has 4 heteroatoms. The molecule has 3 rings (SSSR count). The molecule has 1 heterocycles. The van der Waals surface area contributed by atoms with E-state index in [1.165, 1.54) is 29.5 Å². The van der Waals surface area contributed by atoms with Crippen molar-refractivity contribution in [1.82, 2.24) is 9.97 Å². The number of rotatable bonds is 6. The predicted molar refractivity (Wildman–Crippen MR) is 101 cm³/mol. The number of hydrogen-bond donors (Lipinski definition) is 2. The third-order valence-corrected chi connectivity index (χ3v) is 4.66. The molecule has 1 aromatic heterocycles. The summed E-state index contributed by atoms with van der Waals surface area (Å²) in [5.74, 6) is 2.22. The van der Waals surface area contributed by atoms with Gasteiger partial charge in [0.15, 0.2) is 0 Å². The summed E-state index contributed by atoms with van der Waals surface area (Å²) in [4.78, 5) is 9.42. The van der Waals surface area contributed by atoms with Crippen LogP contribution in [-0.2, 0) is 0 Å². The van der Waals surface area contributed by atoms with Gasteiger partial charge < -0.3 is 10.6 Å². The molecule has 1 aromatic carbocycles. The average molecular weight is 324 g/mol. The van der Waals surface area contributed by atoms with Crippen LogP contribution in [0.25, 0.3) is 0 Å². The lowest BCUT2D eigenvalue weighted by molar-refractivity contribution is 0.750. The molecule has 0 saturated heterocycles. The first-order valence-corrected chi connectivity index (χ1v) is 8.96. The first-order valence-electron chi connectivity index (χ1n) is 8.96. The van der Waals surface area contributed by atoms with Gasteiger partial charge >= 0.3 is 0 Å². The van der Waals surface area contributed by atoms with Crippen molar-refractivity contribution in [2.24, 2.45) is 0 Å². The van der Waals surface area contributed by atoms with Gasteiger partial charge in [-0.3, -0.25) is 0 Å². The van der Waals surface area contributed by atoms with Crippen LogP contribution in [0.2, 0.25) is 0 Å². The van der Waals surface area contributed by atoms with Gasteiger partial charge in [-0.25, -0.2) is 4.98 Å². The topological polar surface area (TPSA) is 49.8 Å². The molecule has 2 aromatic rings. The molecule has 0 radical (unpaired) electrons. The van der Waals surface area contributed by atoms with Crippen LogP contribution >= 0.6 is 0 Å². The van der Waals surface area contributed by atoms with Gasteiger partial charge in [0, 0.05) is 23.7 Å². The van der Waals surface area contributed by atoms with Crippen LogP contribution in [-0.4, -0.2) is 16.0 Å². The zero-order valence-electron chi connectivity index (χ0n) is 15.4. The summed E-state index contributed by atoms with van der Waals surface area (Å²) in [6.07, 6.45) is 3.53. The van der Waals surface area contributed by atoms with E-state index in [1.807, 2.05) is 0 Å². The number of anilines is 3. The standard InChI is InChI=1S/C20H28N4/c1-6-15(5)21-20-22-17(16-7-8-16)11-18(24-20)23-19-13(3)9-12(2)10-14(19)4/h9-11,15-16H,6-8H2,1-5H3,(H2,21,22,23,24)/t15-/m1/s1. The first kappa shape index (κ1) is 16.7. The third-order valence-electron chi connectivity index (χ3n) is 4.66. The highest BCUT2D eigenvalue weighted by Gasteiger charge is 2.26. The van der Waals surface area contributed by atoms with E-state index in [9.17, 15) is 0 Å². The largest absolute Gasteiger partial charge is 0.352 e. The molecule has 0 spiro atoms. The average Bonchev–Trinajstić information content (AvgIpc) is 3.35. The summed E-state index contributed by atoms with van der Waals surface area (Å²) in [5, 5.41) is 6.95. The number of benzene rings is 1. The van der Waals surface area contributed by atoms with Gasteiger partial charge in [-0.2, -0.15) is 4.98 Å². The smallest absolute Gasteiger partial charge is 0.225 e. The van der Waals surface area contributed by atoms with Crippen LogP contribution in [0.5, 0.6) is 0 Å². The molecule has 1 saturated carbocycles. The Balaban J connectivity index is 1.92. The van der Waals surface area contributed by atoms with Crippen LogP contribution < -0.4 is 10.6 Å². The minimum absolute atomic E-state index is 0.371. The summed E-state index contributed by atoms with van der Waals surface area (Å²) in [6.45, 7) is 10.7. The van der Waals surface area contributed by atoms with Crippen LogP contribution in [0.15, 0.2) is 18.2 Å². The molecule has 24 heavy (non-hydrogen) atoms. The second-order valence-electron chi connectivity index (χ2n) is 7.13. The molecule has 0 bridgehead atoms. The molecule has 1 fully saturated rings. The Kier molecular flexibility index (Phi) is 4.74. The Hall–Kier alpha value is -2.10. The van der Waals surface area contributed by atoms with Crippen molar-refractivity contribution in [3.63, 3.8) is 0 Å². The summed E-state index contributed by atoms with van der Waals surface area (Å²) in [5.41, 5.74) is 6.08.